The van der Waals surface area contributed by atoms with Crippen LogP contribution in [0.5, 0.6) is 5.75 Å². The number of carbonyl (C=O) groups is 2. The van der Waals surface area contributed by atoms with Gasteiger partial charge in [-0.25, -0.2) is 0 Å². The van der Waals surface area contributed by atoms with Crippen molar-refractivity contribution >= 4 is 125 Å². The normalized spacial score (nSPS) is 15.3. The molecule has 0 amide bonds. The number of hydrogen-bond acceptors (Lipinski definition) is 3. The Kier molecular flexibility index (Phi) is 14.9. The number of esters is 1. The summed E-state index contributed by atoms with van der Waals surface area (Å²) in [6, 6.07) is 11.2. The molecule has 0 aliphatic rings. The van der Waals surface area contributed by atoms with Crippen molar-refractivity contribution in [2.24, 2.45) is 0 Å². The first-order valence-electron chi connectivity index (χ1n) is 10.1. The monoisotopic (exact) mass is 1010 g/mol. The zero-order valence-corrected chi connectivity index (χ0v) is 29.7. The number of alkyl halides is 5. The second-order valence-electron chi connectivity index (χ2n) is 7.48. The molecule has 33 heavy (non-hydrogen) atoms. The molecule has 0 bridgehead atoms. The van der Waals surface area contributed by atoms with E-state index in [9.17, 15) is 9.59 Å². The molecule has 0 saturated heterocycles. The topological polar surface area (TPSA) is 63.6 Å². The van der Waals surface area contributed by atoms with E-state index in [0.717, 1.165) is 0 Å². The fourth-order valence-corrected chi connectivity index (χ4v) is 5.08. The van der Waals surface area contributed by atoms with Gasteiger partial charge in [0.15, 0.2) is 0 Å². The summed E-state index contributed by atoms with van der Waals surface area (Å²) < 4.78 is 6.01. The summed E-state index contributed by atoms with van der Waals surface area (Å²) in [4.78, 5) is 22.1. The van der Waals surface area contributed by atoms with Crippen LogP contribution in [0.1, 0.15) is 71.2 Å². The van der Waals surface area contributed by atoms with Crippen molar-refractivity contribution in [2.45, 2.75) is 54.2 Å². The Bertz CT molecular complexity index is 911. The Morgan fingerprint density at radius 2 is 1.24 bits per heavy atom. The minimum Gasteiger partial charge on any atom is -0.480 e. The van der Waals surface area contributed by atoms with Gasteiger partial charge in [-0.3, -0.25) is 9.59 Å². The first-order valence-corrected chi connectivity index (χ1v) is 16.4. The number of aliphatic carboxylic acids is 1. The number of rotatable bonds is 7. The highest BCUT2D eigenvalue weighted by molar-refractivity contribution is 14.1. The van der Waals surface area contributed by atoms with Gasteiger partial charge in [-0.15, -0.1) is 0 Å². The average molecular weight is 1010 g/mol. The molecular formula is C24H27I5O4. The van der Waals surface area contributed by atoms with Crippen molar-refractivity contribution in [3.8, 4) is 5.75 Å². The van der Waals surface area contributed by atoms with E-state index in [0.29, 0.717) is 23.1 Å². The lowest BCUT2D eigenvalue weighted by molar-refractivity contribution is -0.136. The second kappa shape index (κ2) is 15.3. The lowest BCUT2D eigenvalue weighted by atomic mass is 9.95. The van der Waals surface area contributed by atoms with Crippen LogP contribution in [-0.4, -0.2) is 21.0 Å². The maximum Gasteiger partial charge on any atom is 0.323 e. The first kappa shape index (κ1) is 32.1. The van der Waals surface area contributed by atoms with Crippen molar-refractivity contribution < 1.29 is 19.4 Å². The van der Waals surface area contributed by atoms with E-state index in [-0.39, 0.29) is 9.89 Å². The van der Waals surface area contributed by atoms with Crippen LogP contribution in [0.4, 0.5) is 0 Å². The van der Waals surface area contributed by atoms with Gasteiger partial charge < -0.3 is 9.84 Å². The number of carboxylic acid groups (broad SMARTS) is 1. The van der Waals surface area contributed by atoms with E-state index < -0.39 is 9.89 Å². The van der Waals surface area contributed by atoms with Gasteiger partial charge in [0.2, 0.25) is 0 Å². The third kappa shape index (κ3) is 10.5. The molecule has 0 aliphatic heterocycles. The Hall–Kier alpha value is 1.03. The molecule has 5 unspecified atom stereocenters. The van der Waals surface area contributed by atoms with Crippen LogP contribution in [0.15, 0.2) is 36.4 Å². The molecule has 9 heteroatoms. The SMILES string of the molecule is CC(I)C(=O)Oc1ccc(C(I)C(=O)O)cc1.Cc1c(C(C)I)cc(C(C)I)cc1C(C)I. The highest BCUT2D eigenvalue weighted by Gasteiger charge is 2.17. The van der Waals surface area contributed by atoms with Crippen LogP contribution in [0.25, 0.3) is 0 Å². The van der Waals surface area contributed by atoms with Crippen molar-refractivity contribution in [3.63, 3.8) is 0 Å². The lowest BCUT2D eigenvalue weighted by Gasteiger charge is -2.18. The van der Waals surface area contributed by atoms with Crippen LogP contribution >= 0.6 is 113 Å². The van der Waals surface area contributed by atoms with Gasteiger partial charge in [0.1, 0.15) is 13.6 Å². The van der Waals surface area contributed by atoms with Crippen LogP contribution < -0.4 is 4.74 Å². The fourth-order valence-electron chi connectivity index (χ4n) is 2.88. The number of ether oxygens (including phenoxy) is 1. The van der Waals surface area contributed by atoms with E-state index in [1.54, 1.807) is 31.2 Å². The summed E-state index contributed by atoms with van der Waals surface area (Å²) in [5.41, 5.74) is 6.61. The smallest absolute Gasteiger partial charge is 0.323 e. The van der Waals surface area contributed by atoms with Gasteiger partial charge in [0, 0.05) is 11.8 Å². The quantitative estimate of drug-likeness (QED) is 0.130. The first-order chi connectivity index (χ1) is 15.3. The van der Waals surface area contributed by atoms with Crippen molar-refractivity contribution in [3.05, 3.63) is 64.2 Å². The predicted molar refractivity (Wildman–Crippen MR) is 178 cm³/mol. The van der Waals surface area contributed by atoms with Crippen molar-refractivity contribution in [2.75, 3.05) is 0 Å². The Labute approximate surface area is 264 Å². The Morgan fingerprint density at radius 1 is 0.788 bits per heavy atom. The van der Waals surface area contributed by atoms with Crippen LogP contribution in [0.2, 0.25) is 0 Å². The zero-order valence-electron chi connectivity index (χ0n) is 18.9. The number of halogens is 5. The molecule has 2 aromatic carbocycles. The van der Waals surface area contributed by atoms with E-state index in [2.05, 4.69) is 108 Å². The minimum atomic E-state index is -0.892. The molecule has 0 saturated carbocycles. The molecule has 182 valence electrons. The summed E-state index contributed by atoms with van der Waals surface area (Å²) in [5.74, 6) is -0.782. The molecule has 0 aliphatic carbocycles. The molecule has 0 aromatic heterocycles. The van der Waals surface area contributed by atoms with Crippen LogP contribution in [0.3, 0.4) is 0 Å². The molecule has 2 rings (SSSR count). The van der Waals surface area contributed by atoms with Gasteiger partial charge in [-0.1, -0.05) is 137 Å². The van der Waals surface area contributed by atoms with Crippen molar-refractivity contribution in [1.29, 1.82) is 0 Å². The average Bonchev–Trinajstić information content (AvgIpc) is 2.73. The Morgan fingerprint density at radius 3 is 1.58 bits per heavy atom. The third-order valence-electron chi connectivity index (χ3n) is 4.76. The van der Waals surface area contributed by atoms with E-state index in [1.807, 2.05) is 45.2 Å². The molecule has 0 heterocycles. The van der Waals surface area contributed by atoms with Gasteiger partial charge in [-0.05, 0) is 74.6 Å². The number of carboxylic acids is 1. The number of benzene rings is 2. The third-order valence-corrected chi connectivity index (χ3v) is 8.58. The number of carbonyl (C=O) groups excluding carboxylic acids is 1. The summed E-state index contributed by atoms with van der Waals surface area (Å²) in [6.07, 6.45) is 0. The maximum absolute atomic E-state index is 11.3. The van der Waals surface area contributed by atoms with Crippen LogP contribution in [0, 0.1) is 6.92 Å². The molecule has 4 nitrogen and oxygen atoms in total. The fraction of sp³-hybridized carbons (Fsp3) is 0.417. The minimum absolute atomic E-state index is 0.219. The largest absolute Gasteiger partial charge is 0.480 e. The summed E-state index contributed by atoms with van der Waals surface area (Å²) in [7, 11) is 0. The number of hydrogen-bond donors (Lipinski definition) is 1. The summed E-state index contributed by atoms with van der Waals surface area (Å²) >= 11 is 11.3. The van der Waals surface area contributed by atoms with E-state index in [4.69, 9.17) is 9.84 Å². The molecule has 0 fully saturated rings. The predicted octanol–water partition coefficient (Wildman–Crippen LogP) is 9.46. The molecular weight excluding hydrogens is 987 g/mol. The lowest BCUT2D eigenvalue weighted by Crippen LogP contribution is -2.16. The standard InChI is InChI=1S/C13H17I3.C11H10I2O4/c1-7-12(9(3)15)5-11(8(2)14)6-13(7)10(4)16;1-6(12)11(16)17-8-4-2-7(3-5-8)9(13)10(14)15/h5-6,8-10H,1-4H3;2-6,9H,1H3,(H,14,15). The van der Waals surface area contributed by atoms with Gasteiger partial charge in [-0.2, -0.15) is 0 Å². The summed E-state index contributed by atoms with van der Waals surface area (Å²) in [6.45, 7) is 10.8. The molecule has 1 N–H and O–H groups in total. The maximum atomic E-state index is 11.3. The molecule has 5 atom stereocenters. The highest BCUT2D eigenvalue weighted by Crippen LogP contribution is 2.37. The van der Waals surface area contributed by atoms with Crippen LogP contribution in [-0.2, 0) is 9.59 Å². The molecule has 0 radical (unpaired) electrons. The van der Waals surface area contributed by atoms with Gasteiger partial charge >= 0.3 is 11.9 Å². The van der Waals surface area contributed by atoms with Gasteiger partial charge in [0.25, 0.3) is 0 Å². The zero-order chi connectivity index (χ0) is 25.5. The Balaban J connectivity index is 0.000000331. The highest BCUT2D eigenvalue weighted by atomic mass is 127. The van der Waals surface area contributed by atoms with Gasteiger partial charge in [0.05, 0.1) is 0 Å². The van der Waals surface area contributed by atoms with E-state index in [1.165, 1.54) is 22.3 Å². The summed E-state index contributed by atoms with van der Waals surface area (Å²) in [5, 5.41) is 8.83. The van der Waals surface area contributed by atoms with E-state index >= 15 is 0 Å². The second-order valence-corrected chi connectivity index (χ2v) is 16.2. The molecule has 2 aromatic rings. The molecule has 0 spiro atoms. The van der Waals surface area contributed by atoms with Crippen molar-refractivity contribution in [1.82, 2.24) is 0 Å².